The maximum atomic E-state index is 13.0. The van der Waals surface area contributed by atoms with E-state index in [2.05, 4.69) is 4.98 Å². The summed E-state index contributed by atoms with van der Waals surface area (Å²) in [7, 11) is 1.48. The third kappa shape index (κ3) is 6.22. The van der Waals surface area contributed by atoms with Crippen molar-refractivity contribution in [3.63, 3.8) is 0 Å². The Hall–Kier alpha value is -3.60. The highest BCUT2D eigenvalue weighted by Crippen LogP contribution is 2.35. The monoisotopic (exact) mass is 480 g/mol. The zero-order valence-corrected chi connectivity index (χ0v) is 18.4. The highest BCUT2D eigenvalue weighted by atomic mass is 32.1. The maximum absolute atomic E-state index is 13.0. The molecule has 2 aromatic carbocycles. The molecule has 0 saturated carbocycles. The highest BCUT2D eigenvalue weighted by Gasteiger charge is 2.31. The fourth-order valence-electron chi connectivity index (χ4n) is 2.78. The smallest absolute Gasteiger partial charge is 0.416 e. The average Bonchev–Trinajstić information content (AvgIpc) is 3.24. The van der Waals surface area contributed by atoms with Crippen LogP contribution in [0.4, 0.5) is 24.0 Å². The van der Waals surface area contributed by atoms with E-state index >= 15 is 0 Å². The van der Waals surface area contributed by atoms with Crippen molar-refractivity contribution in [2.75, 3.05) is 18.6 Å². The summed E-state index contributed by atoms with van der Waals surface area (Å²) in [5.74, 6) is -0.325. The summed E-state index contributed by atoms with van der Waals surface area (Å²) < 4.78 is 54.8. The average molecular weight is 480 g/mol. The molecule has 3 aromatic rings. The molecule has 0 bridgehead atoms. The van der Waals surface area contributed by atoms with Crippen LogP contribution in [-0.2, 0) is 27.1 Å². The van der Waals surface area contributed by atoms with Gasteiger partial charge in [-0.1, -0.05) is 18.2 Å². The van der Waals surface area contributed by atoms with E-state index in [9.17, 15) is 22.8 Å². The van der Waals surface area contributed by atoms with Crippen LogP contribution in [0.15, 0.2) is 53.9 Å². The van der Waals surface area contributed by atoms with Crippen LogP contribution in [0.2, 0.25) is 0 Å². The van der Waals surface area contributed by atoms with E-state index in [1.54, 1.807) is 29.6 Å². The number of anilines is 2. The number of amides is 1. The summed E-state index contributed by atoms with van der Waals surface area (Å²) in [6, 6.07) is 11.2. The zero-order chi connectivity index (χ0) is 24.0. The van der Waals surface area contributed by atoms with Gasteiger partial charge in [0.2, 0.25) is 5.91 Å². The Morgan fingerprint density at radius 2 is 1.82 bits per heavy atom. The molecule has 0 aliphatic carbocycles. The highest BCUT2D eigenvalue weighted by molar-refractivity contribution is 7.14. The fourth-order valence-corrected chi connectivity index (χ4v) is 3.66. The Bertz CT molecular complexity index is 1130. The number of aromatic nitrogens is 1. The predicted molar refractivity (Wildman–Crippen MR) is 115 cm³/mol. The first-order valence-electron chi connectivity index (χ1n) is 9.53. The molecular formula is C22H19F3N2O5S. The van der Waals surface area contributed by atoms with E-state index < -0.39 is 23.6 Å². The number of thiazole rings is 1. The Morgan fingerprint density at radius 3 is 2.48 bits per heavy atom. The van der Waals surface area contributed by atoms with Crippen molar-refractivity contribution in [1.29, 1.82) is 0 Å². The molecule has 174 valence electrons. The van der Waals surface area contributed by atoms with Crippen molar-refractivity contribution < 1.29 is 37.0 Å². The minimum atomic E-state index is -4.55. The summed E-state index contributed by atoms with van der Waals surface area (Å²) in [6.07, 6.45) is -4.55. The van der Waals surface area contributed by atoms with Crippen molar-refractivity contribution in [3.8, 4) is 11.5 Å². The van der Waals surface area contributed by atoms with Gasteiger partial charge in [-0.25, -0.2) is 9.78 Å². The number of benzene rings is 2. The number of carbonyl (C=O) groups is 2. The molecule has 33 heavy (non-hydrogen) atoms. The van der Waals surface area contributed by atoms with Gasteiger partial charge in [0, 0.05) is 12.3 Å². The molecule has 0 aliphatic rings. The van der Waals surface area contributed by atoms with Crippen LogP contribution in [0, 0.1) is 0 Å². The first-order chi connectivity index (χ1) is 15.7. The molecule has 0 unspecified atom stereocenters. The fraction of sp³-hybridized carbons (Fsp3) is 0.227. The molecule has 0 saturated heterocycles. The molecule has 1 amide bonds. The van der Waals surface area contributed by atoms with E-state index in [0.717, 1.165) is 28.4 Å². The van der Waals surface area contributed by atoms with Gasteiger partial charge in [0.1, 0.15) is 6.61 Å². The number of halogens is 3. The zero-order valence-electron chi connectivity index (χ0n) is 17.6. The van der Waals surface area contributed by atoms with Gasteiger partial charge < -0.3 is 14.2 Å². The van der Waals surface area contributed by atoms with Gasteiger partial charge in [0.15, 0.2) is 23.2 Å². The van der Waals surface area contributed by atoms with Crippen molar-refractivity contribution in [2.24, 2.45) is 0 Å². The normalized spacial score (nSPS) is 11.1. The summed E-state index contributed by atoms with van der Waals surface area (Å²) in [5, 5.41) is 1.70. The number of nitrogens with zero attached hydrogens (tertiary/aromatic N) is 2. The Kier molecular flexibility index (Phi) is 7.54. The van der Waals surface area contributed by atoms with Crippen LogP contribution in [0.5, 0.6) is 11.5 Å². The van der Waals surface area contributed by atoms with Gasteiger partial charge in [0.05, 0.1) is 24.1 Å². The molecule has 11 heteroatoms. The minimum absolute atomic E-state index is 0.0282. The number of hydrogen-bond acceptors (Lipinski definition) is 7. The van der Waals surface area contributed by atoms with E-state index in [4.69, 9.17) is 14.2 Å². The predicted octanol–water partition coefficient (Wildman–Crippen LogP) is 4.98. The maximum Gasteiger partial charge on any atom is 0.416 e. The standard InChI is InChI=1S/C22H19F3N2O5S/c1-14(28)27(17-7-5-6-15(10-17)22(23,24)25)21-26-16(13-33-21)11-32-20(29)12-31-19-9-4-3-8-18(19)30-2/h3-10,13H,11-12H2,1-2H3. The number of esters is 1. The van der Waals surface area contributed by atoms with E-state index in [1.165, 1.54) is 26.2 Å². The van der Waals surface area contributed by atoms with Crippen LogP contribution in [0.25, 0.3) is 0 Å². The van der Waals surface area contributed by atoms with Gasteiger partial charge in [-0.3, -0.25) is 9.69 Å². The number of ether oxygens (including phenoxy) is 3. The lowest BCUT2D eigenvalue weighted by atomic mass is 10.2. The lowest BCUT2D eigenvalue weighted by Crippen LogP contribution is -2.23. The Labute approximate surface area is 191 Å². The van der Waals surface area contributed by atoms with Crippen molar-refractivity contribution >= 4 is 34.0 Å². The molecule has 0 atom stereocenters. The Morgan fingerprint density at radius 1 is 1.09 bits per heavy atom. The van der Waals surface area contributed by atoms with Crippen molar-refractivity contribution in [2.45, 2.75) is 19.7 Å². The third-order valence-corrected chi connectivity index (χ3v) is 5.15. The van der Waals surface area contributed by atoms with E-state index in [1.807, 2.05) is 0 Å². The largest absolute Gasteiger partial charge is 0.493 e. The molecule has 0 radical (unpaired) electrons. The molecule has 1 heterocycles. The van der Waals surface area contributed by atoms with Crippen LogP contribution in [0.3, 0.4) is 0 Å². The first-order valence-corrected chi connectivity index (χ1v) is 10.4. The van der Waals surface area contributed by atoms with Crippen LogP contribution in [-0.4, -0.2) is 30.6 Å². The SMILES string of the molecule is COc1ccccc1OCC(=O)OCc1csc(N(C(C)=O)c2cccc(C(F)(F)F)c2)n1. The molecule has 3 rings (SSSR count). The number of methoxy groups -OCH3 is 1. The minimum Gasteiger partial charge on any atom is -0.493 e. The van der Waals surface area contributed by atoms with Crippen LogP contribution in [0.1, 0.15) is 18.2 Å². The van der Waals surface area contributed by atoms with Crippen LogP contribution < -0.4 is 14.4 Å². The molecule has 0 N–H and O–H groups in total. The topological polar surface area (TPSA) is 78.0 Å². The number of rotatable bonds is 8. The lowest BCUT2D eigenvalue weighted by Gasteiger charge is -2.19. The third-order valence-electron chi connectivity index (χ3n) is 4.27. The van der Waals surface area contributed by atoms with E-state index in [-0.39, 0.29) is 24.0 Å². The molecule has 0 spiro atoms. The lowest BCUT2D eigenvalue weighted by molar-refractivity contribution is -0.147. The summed E-state index contributed by atoms with van der Waals surface area (Å²) >= 11 is 1.03. The number of carbonyl (C=O) groups excluding carboxylic acids is 2. The van der Waals surface area contributed by atoms with Crippen molar-refractivity contribution in [3.05, 3.63) is 65.2 Å². The quantitative estimate of drug-likeness (QED) is 0.424. The van der Waals surface area contributed by atoms with Gasteiger partial charge >= 0.3 is 12.1 Å². The first kappa shape index (κ1) is 24.1. The van der Waals surface area contributed by atoms with Gasteiger partial charge in [-0.2, -0.15) is 13.2 Å². The second-order valence-electron chi connectivity index (χ2n) is 6.62. The summed E-state index contributed by atoms with van der Waals surface area (Å²) in [5.41, 5.74) is -0.522. The molecular weight excluding hydrogens is 461 g/mol. The molecule has 7 nitrogen and oxygen atoms in total. The summed E-state index contributed by atoms with van der Waals surface area (Å²) in [4.78, 5) is 29.4. The second-order valence-corrected chi connectivity index (χ2v) is 7.46. The van der Waals surface area contributed by atoms with Gasteiger partial charge in [-0.15, -0.1) is 11.3 Å². The molecule has 0 aliphatic heterocycles. The number of alkyl halides is 3. The summed E-state index contributed by atoms with van der Waals surface area (Å²) in [6.45, 7) is 0.663. The Balaban J connectivity index is 1.64. The number of hydrogen-bond donors (Lipinski definition) is 0. The van der Waals surface area contributed by atoms with Crippen LogP contribution >= 0.6 is 11.3 Å². The van der Waals surface area contributed by atoms with Gasteiger partial charge in [-0.05, 0) is 30.3 Å². The van der Waals surface area contributed by atoms with Gasteiger partial charge in [0.25, 0.3) is 0 Å². The molecule has 1 aromatic heterocycles. The number of para-hydroxylation sites is 2. The van der Waals surface area contributed by atoms with E-state index in [0.29, 0.717) is 17.2 Å². The second kappa shape index (κ2) is 10.3. The van der Waals surface area contributed by atoms with Crippen molar-refractivity contribution in [1.82, 2.24) is 4.98 Å². The molecule has 0 fully saturated rings.